The van der Waals surface area contributed by atoms with Gasteiger partial charge in [0, 0.05) is 18.0 Å². The minimum atomic E-state index is -2.02. The number of phenolic OH excluding ortho intramolecular Hbond substituents is 1. The Balaban J connectivity index is 1.26. The van der Waals surface area contributed by atoms with Gasteiger partial charge in [-0.3, -0.25) is 14.4 Å². The number of benzene rings is 1. The molecule has 0 radical (unpaired) electrons. The van der Waals surface area contributed by atoms with Gasteiger partial charge in [-0.05, 0) is 51.1 Å². The first-order valence-corrected chi connectivity index (χ1v) is 13.7. The molecule has 4 aliphatic rings. The Morgan fingerprint density at radius 3 is 2.58 bits per heavy atom. The first-order valence-electron chi connectivity index (χ1n) is 13.7. The number of nitrogens with zero attached hydrogens (tertiary/aromatic N) is 1. The Bertz CT molecular complexity index is 1430. The van der Waals surface area contributed by atoms with Crippen LogP contribution in [0.3, 0.4) is 0 Å². The minimum Gasteiger partial charge on any atom is -0.504 e. The molecule has 43 heavy (non-hydrogen) atoms. The van der Waals surface area contributed by atoms with Crippen molar-refractivity contribution in [1.82, 2.24) is 10.2 Å². The summed E-state index contributed by atoms with van der Waals surface area (Å²) in [7, 11) is 1.92. The Morgan fingerprint density at radius 1 is 1.19 bits per heavy atom. The van der Waals surface area contributed by atoms with Crippen LogP contribution < -0.4 is 10.1 Å². The fourth-order valence-electron chi connectivity index (χ4n) is 6.83. The quantitative estimate of drug-likeness (QED) is 0.175. The maximum absolute atomic E-state index is 12.9. The fraction of sp³-hybridized carbons (Fsp3) is 0.536. The summed E-state index contributed by atoms with van der Waals surface area (Å²) in [6.45, 7) is 1.70. The molecule has 0 unspecified atom stereocenters. The zero-order valence-electron chi connectivity index (χ0n) is 23.3. The molecule has 5 rings (SSSR count). The van der Waals surface area contributed by atoms with Crippen LogP contribution in [-0.2, 0) is 45.3 Å². The first kappa shape index (κ1) is 30.3. The third-order valence-corrected chi connectivity index (χ3v) is 8.87. The van der Waals surface area contributed by atoms with E-state index < -0.39 is 78.0 Å². The number of likely N-dealkylation sites (tertiary alicyclic amines) is 1. The van der Waals surface area contributed by atoms with Gasteiger partial charge in [0.25, 0.3) is 5.91 Å². The average molecular weight is 605 g/mol. The Hall–Kier alpha value is -4.21. The number of hydrogen-bond acceptors (Lipinski definition) is 12. The summed E-state index contributed by atoms with van der Waals surface area (Å²) in [6, 6.07) is 1.28. The van der Waals surface area contributed by atoms with Crippen LogP contribution in [0, 0.1) is 0 Å². The molecule has 0 aromatic heterocycles. The summed E-state index contributed by atoms with van der Waals surface area (Å²) in [5.74, 6) is -6.48. The summed E-state index contributed by atoms with van der Waals surface area (Å²) < 4.78 is 16.6. The van der Waals surface area contributed by atoms with E-state index in [1.165, 1.54) is 12.1 Å². The van der Waals surface area contributed by atoms with E-state index >= 15 is 0 Å². The molecule has 1 aromatic carbocycles. The lowest BCUT2D eigenvalue weighted by Gasteiger charge is -2.61. The van der Waals surface area contributed by atoms with Crippen molar-refractivity contribution in [3.05, 3.63) is 35.1 Å². The lowest BCUT2D eigenvalue weighted by Crippen LogP contribution is -2.74. The summed E-state index contributed by atoms with van der Waals surface area (Å²) in [5, 5.41) is 52.9. The van der Waals surface area contributed by atoms with Crippen molar-refractivity contribution in [3.63, 3.8) is 0 Å². The number of hydrogen-bond donors (Lipinski definition) is 6. The zero-order valence-corrected chi connectivity index (χ0v) is 23.3. The summed E-state index contributed by atoms with van der Waals surface area (Å²) >= 11 is 0. The van der Waals surface area contributed by atoms with E-state index in [1.807, 2.05) is 12.4 Å². The molecule has 1 spiro atoms. The van der Waals surface area contributed by atoms with Crippen molar-refractivity contribution in [1.29, 1.82) is 0 Å². The van der Waals surface area contributed by atoms with E-state index in [4.69, 9.17) is 24.4 Å². The Morgan fingerprint density at radius 2 is 1.91 bits per heavy atom. The highest BCUT2D eigenvalue weighted by atomic mass is 16.6. The predicted octanol–water partition coefficient (Wildman–Crippen LogP) is -1.06. The number of aliphatic hydroxyl groups is 2. The van der Waals surface area contributed by atoms with Crippen molar-refractivity contribution in [2.75, 3.05) is 13.6 Å². The minimum absolute atomic E-state index is 0.0136. The maximum atomic E-state index is 12.9. The highest BCUT2D eigenvalue weighted by Gasteiger charge is 2.72. The number of aliphatic carboxylic acids is 2. The molecule has 1 saturated heterocycles. The Kier molecular flexibility index (Phi) is 7.61. The second kappa shape index (κ2) is 10.8. The number of nitrogens with one attached hydrogen (secondary N) is 1. The fourth-order valence-corrected chi connectivity index (χ4v) is 6.83. The van der Waals surface area contributed by atoms with Crippen LogP contribution in [0.15, 0.2) is 24.0 Å². The van der Waals surface area contributed by atoms with Crippen LogP contribution in [0.25, 0.3) is 0 Å². The predicted molar refractivity (Wildman–Crippen MR) is 141 cm³/mol. The highest BCUT2D eigenvalue weighted by molar-refractivity contribution is 5.90. The van der Waals surface area contributed by atoms with Gasteiger partial charge in [-0.25, -0.2) is 9.59 Å². The lowest BCUT2D eigenvalue weighted by molar-refractivity contribution is -0.173. The van der Waals surface area contributed by atoms with Gasteiger partial charge in [0.15, 0.2) is 29.8 Å². The third kappa shape index (κ3) is 4.86. The first-order chi connectivity index (χ1) is 20.2. The number of carbonyl (C=O) groups is 5. The highest BCUT2D eigenvalue weighted by Crippen LogP contribution is 2.65. The second-order valence-corrected chi connectivity index (χ2v) is 11.4. The zero-order chi connectivity index (χ0) is 31.4. The van der Waals surface area contributed by atoms with Crippen LogP contribution in [0.1, 0.15) is 43.7 Å². The number of piperidine rings is 1. The monoisotopic (exact) mass is 604 g/mol. The van der Waals surface area contributed by atoms with Gasteiger partial charge < -0.3 is 50.0 Å². The molecular weight excluding hydrogens is 572 g/mol. The normalized spacial score (nSPS) is 28.7. The number of aromatic hydroxyl groups is 1. The molecule has 1 fully saturated rings. The van der Waals surface area contributed by atoms with E-state index in [0.717, 1.165) is 12.5 Å². The third-order valence-electron chi connectivity index (χ3n) is 8.87. The van der Waals surface area contributed by atoms with Crippen LogP contribution in [0.4, 0.5) is 0 Å². The molecule has 15 heteroatoms. The van der Waals surface area contributed by atoms with Crippen LogP contribution in [0.5, 0.6) is 11.5 Å². The average Bonchev–Trinajstić information content (AvgIpc) is 3.29. The van der Waals surface area contributed by atoms with Gasteiger partial charge in [0.05, 0.1) is 23.9 Å². The van der Waals surface area contributed by atoms with E-state index in [9.17, 15) is 39.3 Å². The lowest BCUT2D eigenvalue weighted by atomic mass is 9.50. The number of phenols is 1. The number of amides is 1. The van der Waals surface area contributed by atoms with Crippen LogP contribution in [-0.4, -0.2) is 110 Å². The van der Waals surface area contributed by atoms with E-state index in [1.54, 1.807) is 6.07 Å². The van der Waals surface area contributed by atoms with Gasteiger partial charge in [0.1, 0.15) is 11.8 Å². The van der Waals surface area contributed by atoms with Crippen molar-refractivity contribution >= 4 is 29.8 Å². The topological polar surface area (TPSA) is 229 Å². The molecule has 1 amide bonds. The number of carboxylic acids is 2. The number of aliphatic hydroxyl groups excluding tert-OH is 1. The molecule has 2 bridgehead atoms. The Labute approximate surface area is 244 Å². The summed E-state index contributed by atoms with van der Waals surface area (Å²) in [4.78, 5) is 61.5. The number of rotatable bonds is 10. The van der Waals surface area contributed by atoms with Gasteiger partial charge in [-0.1, -0.05) is 6.07 Å². The molecule has 232 valence electrons. The number of ether oxygens (including phenoxy) is 3. The number of carbonyl (C=O) groups excluding carboxylic acids is 3. The molecule has 0 saturated carbocycles. The molecule has 2 aliphatic carbocycles. The number of likely N-dealkylation sites (N-methyl/N-ethyl adjacent to an activating group) is 1. The van der Waals surface area contributed by atoms with E-state index in [-0.39, 0.29) is 29.7 Å². The maximum Gasteiger partial charge on any atom is 0.340 e. The van der Waals surface area contributed by atoms with Crippen molar-refractivity contribution in [2.45, 2.75) is 80.4 Å². The molecule has 2 aliphatic heterocycles. The standard InChI is InChI=1S/C28H32N2O13/c1-12(24(36)29-14(25(37)38)10-19(33)34)41-20(35)11-16(32)26(39)42-17-5-6-28(40)18-9-13-3-4-15(31)22-21(13)27(28,23(17)43-22)7-8-30(18)2/h3-5,12,14,16,18,23,31-32,40H,6-11H2,1-2H3,(H,29,36)(H,33,34)(H,37,38)/t12-,14+,16-,18-,23-,27-,28+/m0/s1. The molecular formula is C28H32N2O13. The van der Waals surface area contributed by atoms with Crippen molar-refractivity contribution in [3.8, 4) is 11.5 Å². The SMILES string of the molecule is C[C@H](OC(=O)C[C@H](O)C(=O)OC1=CC[C@@]2(O)[C@@H]3Cc4ccc(O)c5c4[C@@]2(CCN3C)[C@H]1O5)C(=O)N[C@H](CC(=O)O)C(=O)O. The molecule has 1 aromatic rings. The summed E-state index contributed by atoms with van der Waals surface area (Å²) in [6.07, 6.45) is -3.84. The van der Waals surface area contributed by atoms with E-state index in [0.29, 0.717) is 24.9 Å². The van der Waals surface area contributed by atoms with Gasteiger partial charge >= 0.3 is 23.9 Å². The van der Waals surface area contributed by atoms with Crippen molar-refractivity contribution in [2.24, 2.45) is 0 Å². The number of esters is 2. The summed E-state index contributed by atoms with van der Waals surface area (Å²) in [5.41, 5.74) is -0.744. The van der Waals surface area contributed by atoms with E-state index in [2.05, 4.69) is 4.90 Å². The van der Waals surface area contributed by atoms with Gasteiger partial charge in [-0.2, -0.15) is 0 Å². The molecule has 15 nitrogen and oxygen atoms in total. The molecule has 2 heterocycles. The number of carboxylic acid groups (broad SMARTS) is 2. The second-order valence-electron chi connectivity index (χ2n) is 11.4. The molecule has 7 atom stereocenters. The largest absolute Gasteiger partial charge is 0.504 e. The van der Waals surface area contributed by atoms with Crippen molar-refractivity contribution < 1.29 is 63.7 Å². The van der Waals surface area contributed by atoms with Crippen LogP contribution in [0.2, 0.25) is 0 Å². The molecule has 6 N–H and O–H groups in total. The smallest absolute Gasteiger partial charge is 0.340 e. The van der Waals surface area contributed by atoms with Crippen LogP contribution >= 0.6 is 0 Å². The van der Waals surface area contributed by atoms with Gasteiger partial charge in [0.2, 0.25) is 0 Å². The van der Waals surface area contributed by atoms with Gasteiger partial charge in [-0.15, -0.1) is 0 Å².